The summed E-state index contributed by atoms with van der Waals surface area (Å²) in [7, 11) is 2.01. The second kappa shape index (κ2) is 6.89. The third-order valence-electron chi connectivity index (χ3n) is 5.25. The van der Waals surface area contributed by atoms with Crippen LogP contribution in [0, 0.1) is 17.7 Å². The highest BCUT2D eigenvalue weighted by molar-refractivity contribution is 5.21. The Labute approximate surface area is 128 Å². The van der Waals surface area contributed by atoms with Gasteiger partial charge in [0.05, 0.1) is 6.10 Å². The van der Waals surface area contributed by atoms with Crippen molar-refractivity contribution in [2.24, 2.45) is 11.8 Å². The molecule has 0 heterocycles. The maximum atomic E-state index is 14.0. The predicted molar refractivity (Wildman–Crippen MR) is 84.6 cm³/mol. The zero-order valence-corrected chi connectivity index (χ0v) is 13.6. The standard InChI is InChI=1S/C18H28FNO/c1-12(2)14-9-10-18(21)17(11-14)20(4)13(3)15-7-5-6-8-16(15)19/h5-8,12-14,17-18,21H,9-11H2,1-4H3. The minimum Gasteiger partial charge on any atom is -0.391 e. The molecule has 2 nitrogen and oxygen atoms in total. The number of benzene rings is 1. The Hall–Kier alpha value is -0.930. The molecule has 118 valence electrons. The molecule has 4 unspecified atom stereocenters. The monoisotopic (exact) mass is 293 g/mol. The van der Waals surface area contributed by atoms with Crippen LogP contribution in [0.15, 0.2) is 24.3 Å². The SMILES string of the molecule is CC(C)C1CCC(O)C(N(C)C(C)c2ccccc2F)C1. The van der Waals surface area contributed by atoms with E-state index in [0.717, 1.165) is 19.3 Å². The maximum Gasteiger partial charge on any atom is 0.127 e. The smallest absolute Gasteiger partial charge is 0.127 e. The van der Waals surface area contributed by atoms with E-state index in [4.69, 9.17) is 0 Å². The Kier molecular flexibility index (Phi) is 5.39. The second-order valence-corrected chi connectivity index (χ2v) is 6.81. The van der Waals surface area contributed by atoms with Crippen molar-refractivity contribution in [3.05, 3.63) is 35.6 Å². The van der Waals surface area contributed by atoms with E-state index >= 15 is 0 Å². The number of likely N-dealkylation sites (N-methyl/N-ethyl adjacent to an activating group) is 1. The molecule has 1 aliphatic rings. The van der Waals surface area contributed by atoms with Crippen LogP contribution in [-0.2, 0) is 0 Å². The molecule has 0 bridgehead atoms. The van der Waals surface area contributed by atoms with Gasteiger partial charge in [-0.2, -0.15) is 0 Å². The van der Waals surface area contributed by atoms with Gasteiger partial charge in [-0.1, -0.05) is 32.0 Å². The highest BCUT2D eigenvalue weighted by atomic mass is 19.1. The molecule has 0 amide bonds. The number of aliphatic hydroxyl groups is 1. The van der Waals surface area contributed by atoms with E-state index in [1.54, 1.807) is 6.07 Å². The zero-order valence-electron chi connectivity index (χ0n) is 13.6. The van der Waals surface area contributed by atoms with Crippen LogP contribution in [0.5, 0.6) is 0 Å². The molecule has 0 spiro atoms. The molecule has 0 aromatic heterocycles. The second-order valence-electron chi connectivity index (χ2n) is 6.81. The molecule has 1 N–H and O–H groups in total. The molecule has 2 rings (SSSR count). The van der Waals surface area contributed by atoms with Gasteiger partial charge in [-0.25, -0.2) is 4.39 Å². The molecular weight excluding hydrogens is 265 g/mol. The lowest BCUT2D eigenvalue weighted by molar-refractivity contribution is -0.00868. The summed E-state index contributed by atoms with van der Waals surface area (Å²) in [5.74, 6) is 1.12. The summed E-state index contributed by atoms with van der Waals surface area (Å²) in [5.41, 5.74) is 0.707. The van der Waals surface area contributed by atoms with Gasteiger partial charge in [0.15, 0.2) is 0 Å². The molecule has 4 atom stereocenters. The number of nitrogens with zero attached hydrogens (tertiary/aromatic N) is 1. The average Bonchev–Trinajstić information content (AvgIpc) is 2.46. The van der Waals surface area contributed by atoms with Gasteiger partial charge in [-0.15, -0.1) is 0 Å². The lowest BCUT2D eigenvalue weighted by atomic mass is 9.77. The fourth-order valence-electron chi connectivity index (χ4n) is 3.53. The van der Waals surface area contributed by atoms with Crippen molar-refractivity contribution >= 4 is 0 Å². The van der Waals surface area contributed by atoms with Crippen LogP contribution in [0.2, 0.25) is 0 Å². The van der Waals surface area contributed by atoms with Crippen LogP contribution in [0.1, 0.15) is 51.6 Å². The largest absolute Gasteiger partial charge is 0.391 e. The average molecular weight is 293 g/mol. The van der Waals surface area contributed by atoms with Gasteiger partial charge in [0, 0.05) is 17.6 Å². The van der Waals surface area contributed by atoms with Crippen LogP contribution < -0.4 is 0 Å². The van der Waals surface area contributed by atoms with Gasteiger partial charge < -0.3 is 5.11 Å². The Balaban J connectivity index is 2.14. The third kappa shape index (κ3) is 3.64. The number of rotatable bonds is 4. The first-order valence-electron chi connectivity index (χ1n) is 8.06. The zero-order chi connectivity index (χ0) is 15.6. The molecule has 1 fully saturated rings. The fourth-order valence-corrected chi connectivity index (χ4v) is 3.53. The van der Waals surface area contributed by atoms with Crippen LogP contribution in [0.3, 0.4) is 0 Å². The van der Waals surface area contributed by atoms with E-state index in [1.807, 2.05) is 26.1 Å². The van der Waals surface area contributed by atoms with Crippen molar-refractivity contribution in [1.82, 2.24) is 4.90 Å². The summed E-state index contributed by atoms with van der Waals surface area (Å²) in [6.07, 6.45) is 2.63. The highest BCUT2D eigenvalue weighted by Gasteiger charge is 2.35. The summed E-state index contributed by atoms with van der Waals surface area (Å²) in [5, 5.41) is 10.4. The van der Waals surface area contributed by atoms with Gasteiger partial charge in [-0.3, -0.25) is 4.90 Å². The molecule has 0 saturated heterocycles. The molecule has 1 aromatic rings. The van der Waals surface area contributed by atoms with Crippen molar-refractivity contribution in [3.8, 4) is 0 Å². The number of hydrogen-bond acceptors (Lipinski definition) is 2. The molecular formula is C18H28FNO. The van der Waals surface area contributed by atoms with E-state index in [0.29, 0.717) is 17.4 Å². The van der Waals surface area contributed by atoms with E-state index in [2.05, 4.69) is 18.7 Å². The highest BCUT2D eigenvalue weighted by Crippen LogP contribution is 2.35. The van der Waals surface area contributed by atoms with Crippen LogP contribution >= 0.6 is 0 Å². The number of aliphatic hydroxyl groups excluding tert-OH is 1. The van der Waals surface area contributed by atoms with Gasteiger partial charge in [0.2, 0.25) is 0 Å². The molecule has 1 aliphatic carbocycles. The summed E-state index contributed by atoms with van der Waals surface area (Å²) in [6.45, 7) is 6.52. The Morgan fingerprint density at radius 3 is 2.48 bits per heavy atom. The number of halogens is 1. The summed E-state index contributed by atoms with van der Waals surface area (Å²) in [6, 6.07) is 7.02. The van der Waals surface area contributed by atoms with Gasteiger partial charge in [0.25, 0.3) is 0 Å². The van der Waals surface area contributed by atoms with Gasteiger partial charge >= 0.3 is 0 Å². The van der Waals surface area contributed by atoms with E-state index in [-0.39, 0.29) is 24.0 Å². The topological polar surface area (TPSA) is 23.5 Å². The minimum atomic E-state index is -0.306. The first-order chi connectivity index (χ1) is 9.91. The lowest BCUT2D eigenvalue weighted by Crippen LogP contribution is -2.47. The van der Waals surface area contributed by atoms with E-state index in [9.17, 15) is 9.50 Å². The van der Waals surface area contributed by atoms with Crippen molar-refractivity contribution in [3.63, 3.8) is 0 Å². The normalized spacial score (nSPS) is 28.1. The van der Waals surface area contributed by atoms with Gasteiger partial charge in [-0.05, 0) is 51.1 Å². The van der Waals surface area contributed by atoms with Gasteiger partial charge in [0.1, 0.15) is 5.82 Å². The fraction of sp³-hybridized carbons (Fsp3) is 0.667. The third-order valence-corrected chi connectivity index (χ3v) is 5.25. The van der Waals surface area contributed by atoms with E-state index in [1.165, 1.54) is 6.07 Å². The Bertz CT molecular complexity index is 462. The van der Waals surface area contributed by atoms with Crippen molar-refractivity contribution < 1.29 is 9.50 Å². The molecule has 3 heteroatoms. The van der Waals surface area contributed by atoms with Crippen LogP contribution in [0.4, 0.5) is 4.39 Å². The molecule has 0 radical (unpaired) electrons. The van der Waals surface area contributed by atoms with E-state index < -0.39 is 0 Å². The Morgan fingerprint density at radius 1 is 1.19 bits per heavy atom. The van der Waals surface area contributed by atoms with Crippen molar-refractivity contribution in [2.75, 3.05) is 7.05 Å². The summed E-state index contributed by atoms with van der Waals surface area (Å²) >= 11 is 0. The summed E-state index contributed by atoms with van der Waals surface area (Å²) in [4.78, 5) is 2.15. The Morgan fingerprint density at radius 2 is 1.86 bits per heavy atom. The lowest BCUT2D eigenvalue weighted by Gasteiger charge is -2.42. The molecule has 0 aliphatic heterocycles. The molecule has 21 heavy (non-hydrogen) atoms. The first kappa shape index (κ1) is 16.4. The maximum absolute atomic E-state index is 14.0. The summed E-state index contributed by atoms with van der Waals surface area (Å²) < 4.78 is 14.0. The predicted octanol–water partition coefficient (Wildman–Crippen LogP) is 4.00. The van der Waals surface area contributed by atoms with Crippen LogP contribution in [-0.4, -0.2) is 29.2 Å². The molecule has 1 aromatic carbocycles. The minimum absolute atomic E-state index is 0.0308. The van der Waals surface area contributed by atoms with Crippen molar-refractivity contribution in [1.29, 1.82) is 0 Å². The number of hydrogen-bond donors (Lipinski definition) is 1. The quantitative estimate of drug-likeness (QED) is 0.907. The first-order valence-corrected chi connectivity index (χ1v) is 8.06. The molecule has 1 saturated carbocycles. The van der Waals surface area contributed by atoms with Crippen molar-refractivity contribution in [2.45, 2.75) is 58.2 Å². The van der Waals surface area contributed by atoms with Crippen LogP contribution in [0.25, 0.3) is 0 Å².